The lowest BCUT2D eigenvalue weighted by molar-refractivity contribution is -0.118. The molecule has 3 N–H and O–H groups in total. The van der Waals surface area contributed by atoms with Crippen LogP contribution in [0.3, 0.4) is 0 Å². The maximum Gasteiger partial charge on any atom is 0.262 e. The number of carbonyl (C=O) groups is 1. The highest BCUT2D eigenvalue weighted by Crippen LogP contribution is 2.25. The third kappa shape index (κ3) is 4.00. The van der Waals surface area contributed by atoms with Crippen molar-refractivity contribution >= 4 is 40.5 Å². The van der Waals surface area contributed by atoms with Crippen LogP contribution in [0, 0.1) is 5.82 Å². The summed E-state index contributed by atoms with van der Waals surface area (Å²) in [6.45, 7) is -0.387. The van der Waals surface area contributed by atoms with E-state index < -0.39 is 11.7 Å². The van der Waals surface area contributed by atoms with Gasteiger partial charge >= 0.3 is 0 Å². The Morgan fingerprint density at radius 2 is 2.00 bits per heavy atom. The summed E-state index contributed by atoms with van der Waals surface area (Å²) in [5.74, 6) is -1.31. The zero-order valence-electron chi connectivity index (χ0n) is 10.7. The van der Waals surface area contributed by atoms with Gasteiger partial charge in [0.1, 0.15) is 0 Å². The average Bonchev–Trinajstić information content (AvgIpc) is 2.44. The largest absolute Gasteiger partial charge is 0.481 e. The monoisotopic (exact) mass is 328 g/mol. The van der Waals surface area contributed by atoms with E-state index in [0.29, 0.717) is 16.4 Å². The zero-order valence-corrected chi connectivity index (χ0v) is 12.2. The van der Waals surface area contributed by atoms with Gasteiger partial charge in [0.2, 0.25) is 0 Å². The maximum atomic E-state index is 13.6. The molecule has 2 rings (SSSR count). The van der Waals surface area contributed by atoms with E-state index in [0.717, 1.165) is 0 Å². The predicted octanol–water partition coefficient (Wildman–Crippen LogP) is 3.73. The first-order chi connectivity index (χ1) is 9.97. The van der Waals surface area contributed by atoms with Gasteiger partial charge in [-0.3, -0.25) is 4.79 Å². The Morgan fingerprint density at radius 3 is 2.76 bits per heavy atom. The van der Waals surface area contributed by atoms with Gasteiger partial charge in [0.15, 0.2) is 18.2 Å². The number of anilines is 2. The molecule has 2 aromatic rings. The van der Waals surface area contributed by atoms with Crippen LogP contribution in [0.5, 0.6) is 5.75 Å². The van der Waals surface area contributed by atoms with Gasteiger partial charge in [-0.15, -0.1) is 0 Å². The third-order valence-electron chi connectivity index (χ3n) is 2.54. The van der Waals surface area contributed by atoms with E-state index >= 15 is 0 Å². The van der Waals surface area contributed by atoms with Gasteiger partial charge in [-0.25, -0.2) is 4.39 Å². The maximum absolute atomic E-state index is 13.6. The van der Waals surface area contributed by atoms with Crippen LogP contribution in [-0.4, -0.2) is 12.5 Å². The van der Waals surface area contributed by atoms with E-state index in [2.05, 4.69) is 5.32 Å². The van der Waals surface area contributed by atoms with Gasteiger partial charge in [0.05, 0.1) is 15.7 Å². The molecule has 0 radical (unpaired) electrons. The summed E-state index contributed by atoms with van der Waals surface area (Å²) < 4.78 is 18.6. The van der Waals surface area contributed by atoms with Crippen LogP contribution in [0.2, 0.25) is 10.0 Å². The molecule has 21 heavy (non-hydrogen) atoms. The third-order valence-corrected chi connectivity index (χ3v) is 3.16. The molecule has 1 amide bonds. The molecular formula is C14H11Cl2FN2O2. The van der Waals surface area contributed by atoms with Crippen LogP contribution in [0.4, 0.5) is 15.8 Å². The number of nitrogen functional groups attached to an aromatic ring is 1. The number of carbonyl (C=O) groups excluding carboxylic acids is 1. The molecule has 4 nitrogen and oxygen atoms in total. The molecule has 0 unspecified atom stereocenters. The van der Waals surface area contributed by atoms with Crippen molar-refractivity contribution in [3.05, 3.63) is 52.3 Å². The molecular weight excluding hydrogens is 318 g/mol. The van der Waals surface area contributed by atoms with E-state index in [4.69, 9.17) is 33.7 Å². The summed E-state index contributed by atoms with van der Waals surface area (Å²) in [4.78, 5) is 11.8. The first-order valence-electron chi connectivity index (χ1n) is 5.89. The Labute approximate surface area is 130 Å². The molecule has 0 aliphatic carbocycles. The van der Waals surface area contributed by atoms with Crippen LogP contribution in [-0.2, 0) is 4.79 Å². The Hall–Kier alpha value is -1.98. The smallest absolute Gasteiger partial charge is 0.262 e. The number of ether oxygens (including phenoxy) is 1. The van der Waals surface area contributed by atoms with Crippen molar-refractivity contribution in [2.45, 2.75) is 0 Å². The molecule has 2 aromatic carbocycles. The van der Waals surface area contributed by atoms with Gasteiger partial charge in [-0.2, -0.15) is 0 Å². The van der Waals surface area contributed by atoms with Crippen LogP contribution >= 0.6 is 23.2 Å². The molecule has 0 aromatic heterocycles. The number of nitrogens with one attached hydrogen (secondary N) is 1. The number of amides is 1. The lowest BCUT2D eigenvalue weighted by Crippen LogP contribution is -2.20. The van der Waals surface area contributed by atoms with Crippen molar-refractivity contribution in [1.82, 2.24) is 0 Å². The SMILES string of the molecule is Nc1ccc(Cl)c(NC(=O)COc2cccc(Cl)c2F)c1. The molecule has 0 fully saturated rings. The first kappa shape index (κ1) is 15.4. The van der Waals surface area contributed by atoms with Crippen LogP contribution in [0.15, 0.2) is 36.4 Å². The van der Waals surface area contributed by atoms with Gasteiger partial charge in [-0.05, 0) is 30.3 Å². The fraction of sp³-hybridized carbons (Fsp3) is 0.0714. The zero-order chi connectivity index (χ0) is 15.4. The summed E-state index contributed by atoms with van der Waals surface area (Å²) in [6, 6.07) is 8.96. The van der Waals surface area contributed by atoms with Gasteiger partial charge in [0.25, 0.3) is 5.91 Å². The van der Waals surface area contributed by atoms with Crippen molar-refractivity contribution < 1.29 is 13.9 Å². The molecule has 0 saturated heterocycles. The average molecular weight is 329 g/mol. The van der Waals surface area contributed by atoms with Gasteiger partial charge in [0, 0.05) is 5.69 Å². The highest BCUT2D eigenvalue weighted by atomic mass is 35.5. The van der Waals surface area contributed by atoms with Gasteiger partial charge in [-0.1, -0.05) is 29.3 Å². The Bertz CT molecular complexity index is 680. The predicted molar refractivity (Wildman–Crippen MR) is 81.4 cm³/mol. The fourth-order valence-corrected chi connectivity index (χ4v) is 1.89. The molecule has 0 bridgehead atoms. The standard InChI is InChI=1S/C14H11Cl2FN2O2/c15-9-5-4-8(18)6-11(9)19-13(20)7-21-12-3-1-2-10(16)14(12)17/h1-6H,7,18H2,(H,19,20). The lowest BCUT2D eigenvalue weighted by Gasteiger charge is -2.10. The van der Waals surface area contributed by atoms with E-state index in [1.54, 1.807) is 12.1 Å². The quantitative estimate of drug-likeness (QED) is 0.840. The number of nitrogens with two attached hydrogens (primary N) is 1. The first-order valence-corrected chi connectivity index (χ1v) is 6.64. The number of hydrogen-bond acceptors (Lipinski definition) is 3. The molecule has 0 heterocycles. The van der Waals surface area contributed by atoms with Gasteiger partial charge < -0.3 is 15.8 Å². The second-order valence-corrected chi connectivity index (χ2v) is 4.94. The molecule has 7 heteroatoms. The second kappa shape index (κ2) is 6.65. The summed E-state index contributed by atoms with van der Waals surface area (Å²) in [7, 11) is 0. The summed E-state index contributed by atoms with van der Waals surface area (Å²) in [5, 5.41) is 2.79. The van der Waals surface area contributed by atoms with Crippen molar-refractivity contribution in [1.29, 1.82) is 0 Å². The Kier molecular flexibility index (Phi) is 4.88. The number of hydrogen-bond donors (Lipinski definition) is 2. The Balaban J connectivity index is 1.99. The van der Waals surface area contributed by atoms with E-state index in [9.17, 15) is 9.18 Å². The van der Waals surface area contributed by atoms with E-state index in [-0.39, 0.29) is 17.4 Å². The minimum Gasteiger partial charge on any atom is -0.481 e. The van der Waals surface area contributed by atoms with Crippen molar-refractivity contribution in [3.8, 4) is 5.75 Å². The minimum atomic E-state index is -0.714. The summed E-state index contributed by atoms with van der Waals surface area (Å²) in [5.41, 5.74) is 6.41. The van der Waals surface area contributed by atoms with Crippen LogP contribution in [0.1, 0.15) is 0 Å². The Morgan fingerprint density at radius 1 is 1.24 bits per heavy atom. The number of halogens is 3. The van der Waals surface area contributed by atoms with Crippen molar-refractivity contribution in [2.75, 3.05) is 17.7 Å². The highest BCUT2D eigenvalue weighted by Gasteiger charge is 2.11. The molecule has 0 atom stereocenters. The second-order valence-electron chi connectivity index (χ2n) is 4.13. The van der Waals surface area contributed by atoms with Crippen molar-refractivity contribution in [2.24, 2.45) is 0 Å². The summed E-state index contributed by atoms with van der Waals surface area (Å²) in [6.07, 6.45) is 0. The molecule has 0 spiro atoms. The minimum absolute atomic E-state index is 0.0771. The fourth-order valence-electron chi connectivity index (χ4n) is 1.56. The number of rotatable bonds is 4. The topological polar surface area (TPSA) is 64.3 Å². The van der Waals surface area contributed by atoms with Crippen LogP contribution in [0.25, 0.3) is 0 Å². The molecule has 0 saturated carbocycles. The normalized spacial score (nSPS) is 10.2. The van der Waals surface area contributed by atoms with Crippen LogP contribution < -0.4 is 15.8 Å². The molecule has 0 aliphatic heterocycles. The van der Waals surface area contributed by atoms with E-state index in [1.165, 1.54) is 24.3 Å². The van der Waals surface area contributed by atoms with E-state index in [1.807, 2.05) is 0 Å². The highest BCUT2D eigenvalue weighted by molar-refractivity contribution is 6.33. The van der Waals surface area contributed by atoms with Crippen molar-refractivity contribution in [3.63, 3.8) is 0 Å². The molecule has 110 valence electrons. The lowest BCUT2D eigenvalue weighted by atomic mass is 10.3. The number of benzene rings is 2. The molecule has 0 aliphatic rings. The summed E-state index contributed by atoms with van der Waals surface area (Å²) >= 11 is 11.5.